The third-order valence-electron chi connectivity index (χ3n) is 2.37. The summed E-state index contributed by atoms with van der Waals surface area (Å²) in [5.41, 5.74) is -5.10. The highest BCUT2D eigenvalue weighted by atomic mass is 32.2. The fraction of sp³-hybridized carbons (Fsp3) is 0.600. The molecule has 0 radical (unpaired) electrons. The van der Waals surface area contributed by atoms with E-state index in [4.69, 9.17) is 15.3 Å². The number of carboxylic acids is 3. The topological polar surface area (TPSA) is 158 Å². The van der Waals surface area contributed by atoms with Crippen LogP contribution in [0.2, 0.25) is 0 Å². The standard InChI is InChI=1S/C10H14O9S/c1-3-20-7(6(13)14)19-9(17)10(18,8(15)16)4(2)5(11)12/h4,7,18H,3H2,1-2H3,(H,11,12)(H,13,14)(H,15,16). The minimum Gasteiger partial charge on any atom is -0.481 e. The molecule has 9 nitrogen and oxygen atoms in total. The van der Waals surface area contributed by atoms with Gasteiger partial charge in [-0.3, -0.25) is 4.79 Å². The minimum atomic E-state index is -3.37. The molecule has 4 N–H and O–H groups in total. The molecular weight excluding hydrogens is 296 g/mol. The third-order valence-corrected chi connectivity index (χ3v) is 3.30. The number of carbonyl (C=O) groups is 4. The van der Waals surface area contributed by atoms with Crippen molar-refractivity contribution >= 4 is 35.6 Å². The number of carbonyl (C=O) groups excluding carboxylic acids is 1. The minimum absolute atomic E-state index is 0.240. The van der Waals surface area contributed by atoms with Gasteiger partial charge in [0.15, 0.2) is 0 Å². The van der Waals surface area contributed by atoms with Crippen molar-refractivity contribution in [1.82, 2.24) is 0 Å². The summed E-state index contributed by atoms with van der Waals surface area (Å²) < 4.78 is 4.38. The van der Waals surface area contributed by atoms with E-state index in [1.807, 2.05) is 0 Å². The smallest absolute Gasteiger partial charge is 0.355 e. The second kappa shape index (κ2) is 7.10. The highest BCUT2D eigenvalue weighted by Gasteiger charge is 2.55. The zero-order chi connectivity index (χ0) is 16.1. The van der Waals surface area contributed by atoms with E-state index in [0.717, 1.165) is 6.92 Å². The summed E-state index contributed by atoms with van der Waals surface area (Å²) in [5.74, 6) is -9.06. The Morgan fingerprint density at radius 1 is 1.15 bits per heavy atom. The maximum atomic E-state index is 11.6. The van der Waals surface area contributed by atoms with E-state index in [0.29, 0.717) is 11.8 Å². The Hall–Kier alpha value is -1.81. The van der Waals surface area contributed by atoms with Gasteiger partial charge in [0.2, 0.25) is 5.44 Å². The molecular formula is C10H14O9S. The summed E-state index contributed by atoms with van der Waals surface area (Å²) >= 11 is 0.667. The van der Waals surface area contributed by atoms with Crippen LogP contribution in [-0.4, -0.2) is 61.1 Å². The number of ether oxygens (including phenoxy) is 1. The lowest BCUT2D eigenvalue weighted by Gasteiger charge is -2.26. The first kappa shape index (κ1) is 18.2. The van der Waals surface area contributed by atoms with Crippen molar-refractivity contribution in [3.8, 4) is 0 Å². The van der Waals surface area contributed by atoms with E-state index in [1.54, 1.807) is 6.92 Å². The first-order chi connectivity index (χ1) is 9.08. The van der Waals surface area contributed by atoms with Gasteiger partial charge in [-0.05, 0) is 12.7 Å². The van der Waals surface area contributed by atoms with Gasteiger partial charge in [-0.15, -0.1) is 11.8 Å². The maximum Gasteiger partial charge on any atom is 0.355 e. The van der Waals surface area contributed by atoms with Gasteiger partial charge in [0, 0.05) is 0 Å². The summed E-state index contributed by atoms with van der Waals surface area (Å²) in [6.45, 7) is 2.36. The molecule has 3 atom stereocenters. The van der Waals surface area contributed by atoms with Crippen molar-refractivity contribution in [3.63, 3.8) is 0 Å². The molecule has 0 aliphatic heterocycles. The van der Waals surface area contributed by atoms with E-state index in [2.05, 4.69) is 4.74 Å². The number of carboxylic acid groups (broad SMARTS) is 3. The van der Waals surface area contributed by atoms with Crippen LogP contribution in [0.3, 0.4) is 0 Å². The number of hydrogen-bond acceptors (Lipinski definition) is 7. The molecule has 0 fully saturated rings. The van der Waals surface area contributed by atoms with Crippen molar-refractivity contribution in [2.75, 3.05) is 5.75 Å². The molecule has 114 valence electrons. The molecule has 0 aromatic rings. The normalized spacial score (nSPS) is 16.6. The van der Waals surface area contributed by atoms with Crippen LogP contribution in [0.5, 0.6) is 0 Å². The molecule has 0 aromatic heterocycles. The van der Waals surface area contributed by atoms with Gasteiger partial charge in [0.05, 0.1) is 0 Å². The van der Waals surface area contributed by atoms with Gasteiger partial charge in [-0.25, -0.2) is 14.4 Å². The Morgan fingerprint density at radius 2 is 1.65 bits per heavy atom. The lowest BCUT2D eigenvalue weighted by molar-refractivity contribution is -0.193. The summed E-state index contributed by atoms with van der Waals surface area (Å²) in [6, 6.07) is 0. The Morgan fingerprint density at radius 3 is 1.95 bits per heavy atom. The molecule has 0 bridgehead atoms. The molecule has 20 heavy (non-hydrogen) atoms. The average Bonchev–Trinajstić information content (AvgIpc) is 2.35. The largest absolute Gasteiger partial charge is 0.481 e. The molecule has 3 unspecified atom stereocenters. The fourth-order valence-corrected chi connectivity index (χ4v) is 1.72. The van der Waals surface area contributed by atoms with E-state index >= 15 is 0 Å². The second-order valence-corrected chi connectivity index (χ2v) is 5.00. The molecule has 0 amide bonds. The van der Waals surface area contributed by atoms with Crippen LogP contribution in [0.1, 0.15) is 13.8 Å². The summed E-state index contributed by atoms with van der Waals surface area (Å²) in [4.78, 5) is 44.1. The van der Waals surface area contributed by atoms with Crippen LogP contribution < -0.4 is 0 Å². The van der Waals surface area contributed by atoms with Crippen molar-refractivity contribution in [3.05, 3.63) is 0 Å². The Kier molecular flexibility index (Phi) is 6.46. The molecule has 0 aromatic carbocycles. The Balaban J connectivity index is 5.32. The third kappa shape index (κ3) is 3.84. The molecule has 0 heterocycles. The number of thioether (sulfide) groups is 1. The summed E-state index contributed by atoms with van der Waals surface area (Å²) in [6.07, 6.45) is 0. The predicted molar refractivity (Wildman–Crippen MR) is 65.0 cm³/mol. The molecule has 10 heteroatoms. The van der Waals surface area contributed by atoms with Crippen molar-refractivity contribution in [1.29, 1.82) is 0 Å². The zero-order valence-electron chi connectivity index (χ0n) is 10.6. The monoisotopic (exact) mass is 310 g/mol. The van der Waals surface area contributed by atoms with E-state index in [9.17, 15) is 24.3 Å². The van der Waals surface area contributed by atoms with Gasteiger partial charge in [0.25, 0.3) is 5.60 Å². The summed E-state index contributed by atoms with van der Waals surface area (Å²) in [7, 11) is 0. The number of rotatable bonds is 8. The van der Waals surface area contributed by atoms with Gasteiger partial charge >= 0.3 is 23.9 Å². The lowest BCUT2D eigenvalue weighted by Crippen LogP contribution is -2.56. The van der Waals surface area contributed by atoms with Crippen LogP contribution in [0, 0.1) is 5.92 Å². The quantitative estimate of drug-likeness (QED) is 0.255. The van der Waals surface area contributed by atoms with Crippen molar-refractivity contribution in [2.45, 2.75) is 24.9 Å². The fourth-order valence-electron chi connectivity index (χ4n) is 1.12. The number of hydrogen-bond donors (Lipinski definition) is 4. The van der Waals surface area contributed by atoms with Crippen molar-refractivity contribution < 1.29 is 44.3 Å². The molecule has 0 aliphatic carbocycles. The molecule has 0 spiro atoms. The average molecular weight is 310 g/mol. The van der Waals surface area contributed by atoms with Gasteiger partial charge in [-0.2, -0.15) is 0 Å². The van der Waals surface area contributed by atoms with Crippen LogP contribution in [0.4, 0.5) is 0 Å². The lowest BCUT2D eigenvalue weighted by atomic mass is 9.89. The van der Waals surface area contributed by atoms with E-state index in [1.165, 1.54) is 0 Å². The molecule has 0 aliphatic rings. The zero-order valence-corrected chi connectivity index (χ0v) is 11.4. The van der Waals surface area contributed by atoms with E-state index in [-0.39, 0.29) is 5.75 Å². The van der Waals surface area contributed by atoms with Crippen LogP contribution >= 0.6 is 11.8 Å². The van der Waals surface area contributed by atoms with E-state index < -0.39 is 40.8 Å². The van der Waals surface area contributed by atoms with Gasteiger partial charge < -0.3 is 25.2 Å². The highest BCUT2D eigenvalue weighted by Crippen LogP contribution is 2.23. The molecule has 0 saturated heterocycles. The Labute approximate surface area is 117 Å². The number of aliphatic hydroxyl groups is 1. The molecule has 0 rings (SSSR count). The Bertz CT molecular complexity index is 421. The first-order valence-electron chi connectivity index (χ1n) is 5.33. The van der Waals surface area contributed by atoms with Crippen molar-refractivity contribution in [2.24, 2.45) is 5.92 Å². The second-order valence-electron chi connectivity index (χ2n) is 3.66. The van der Waals surface area contributed by atoms with Gasteiger partial charge in [-0.1, -0.05) is 6.92 Å². The number of esters is 1. The van der Waals surface area contributed by atoms with Crippen LogP contribution in [0.25, 0.3) is 0 Å². The first-order valence-corrected chi connectivity index (χ1v) is 6.37. The van der Waals surface area contributed by atoms with Gasteiger partial charge in [0.1, 0.15) is 5.92 Å². The molecule has 0 saturated carbocycles. The predicted octanol–water partition coefficient (Wildman–Crippen LogP) is -0.770. The SMILES string of the molecule is CCSC(OC(=O)C(O)(C(=O)O)C(C)C(=O)O)C(=O)O. The number of aliphatic carboxylic acids is 3. The maximum absolute atomic E-state index is 11.6. The summed E-state index contributed by atoms with van der Waals surface area (Å²) in [5, 5.41) is 36.0. The highest BCUT2D eigenvalue weighted by molar-refractivity contribution is 8.00. The van der Waals surface area contributed by atoms with Crippen LogP contribution in [0.15, 0.2) is 0 Å². The van der Waals surface area contributed by atoms with Crippen LogP contribution in [-0.2, 0) is 23.9 Å².